The van der Waals surface area contributed by atoms with Gasteiger partial charge in [0, 0.05) is 11.6 Å². The van der Waals surface area contributed by atoms with Gasteiger partial charge in [0.05, 0.1) is 5.75 Å². The van der Waals surface area contributed by atoms with Crippen LogP contribution in [-0.4, -0.2) is 33.9 Å². The molecule has 8 heteroatoms. The second-order valence-corrected chi connectivity index (χ2v) is 6.25. The molecule has 3 amide bonds. The van der Waals surface area contributed by atoms with Crippen molar-refractivity contribution in [2.24, 2.45) is 0 Å². The summed E-state index contributed by atoms with van der Waals surface area (Å²) in [6.45, 7) is 2.00. The highest BCUT2D eigenvalue weighted by atomic mass is 32.2. The van der Waals surface area contributed by atoms with Gasteiger partial charge in [0.1, 0.15) is 0 Å². The molecule has 0 saturated heterocycles. The molecular formula is C15H16N4O3S. The van der Waals surface area contributed by atoms with Crippen molar-refractivity contribution >= 4 is 23.7 Å². The Balaban J connectivity index is 1.49. The van der Waals surface area contributed by atoms with Crippen LogP contribution in [0.25, 0.3) is 11.5 Å². The Morgan fingerprint density at radius 2 is 2.00 bits per heavy atom. The van der Waals surface area contributed by atoms with Gasteiger partial charge in [0.15, 0.2) is 0 Å². The molecule has 1 saturated carbocycles. The number of amides is 3. The Morgan fingerprint density at radius 3 is 2.70 bits per heavy atom. The SMILES string of the molecule is Cc1ccc(-c2nnc(SCC(=O)NC(=O)NC3CC3)o2)cc1. The Morgan fingerprint density at radius 1 is 1.26 bits per heavy atom. The van der Waals surface area contributed by atoms with Crippen LogP contribution in [-0.2, 0) is 4.79 Å². The van der Waals surface area contributed by atoms with E-state index in [1.54, 1.807) is 0 Å². The quantitative estimate of drug-likeness (QED) is 0.814. The lowest BCUT2D eigenvalue weighted by Crippen LogP contribution is -2.41. The van der Waals surface area contributed by atoms with E-state index in [2.05, 4.69) is 20.8 Å². The van der Waals surface area contributed by atoms with E-state index in [0.29, 0.717) is 11.1 Å². The van der Waals surface area contributed by atoms with Crippen molar-refractivity contribution < 1.29 is 14.0 Å². The van der Waals surface area contributed by atoms with Crippen molar-refractivity contribution in [1.82, 2.24) is 20.8 Å². The third-order valence-electron chi connectivity index (χ3n) is 3.20. The van der Waals surface area contributed by atoms with Crippen molar-refractivity contribution in [3.05, 3.63) is 29.8 Å². The Hall–Kier alpha value is -2.35. The minimum Gasteiger partial charge on any atom is -0.411 e. The second kappa shape index (κ2) is 6.82. The predicted molar refractivity (Wildman–Crippen MR) is 84.9 cm³/mol. The first-order valence-corrected chi connectivity index (χ1v) is 8.22. The molecule has 120 valence electrons. The maximum Gasteiger partial charge on any atom is 0.321 e. The monoisotopic (exact) mass is 332 g/mol. The van der Waals surface area contributed by atoms with Crippen molar-refractivity contribution in [1.29, 1.82) is 0 Å². The second-order valence-electron chi connectivity index (χ2n) is 5.32. The Bertz CT molecular complexity index is 710. The number of nitrogens with zero attached hydrogens (tertiary/aromatic N) is 2. The zero-order chi connectivity index (χ0) is 16.2. The molecule has 1 heterocycles. The highest BCUT2D eigenvalue weighted by Gasteiger charge is 2.24. The number of aromatic nitrogens is 2. The number of rotatable bonds is 5. The number of hydrogen-bond donors (Lipinski definition) is 2. The fourth-order valence-corrected chi connectivity index (χ4v) is 2.38. The van der Waals surface area contributed by atoms with E-state index in [1.807, 2.05) is 31.2 Å². The molecule has 1 fully saturated rings. The summed E-state index contributed by atoms with van der Waals surface area (Å²) in [6.07, 6.45) is 1.94. The number of benzene rings is 1. The van der Waals surface area contributed by atoms with Crippen LogP contribution in [0.1, 0.15) is 18.4 Å². The van der Waals surface area contributed by atoms with E-state index < -0.39 is 11.9 Å². The van der Waals surface area contributed by atoms with Crippen LogP contribution < -0.4 is 10.6 Å². The van der Waals surface area contributed by atoms with Crippen LogP contribution in [0.3, 0.4) is 0 Å². The first-order chi connectivity index (χ1) is 11.1. The maximum absolute atomic E-state index is 11.7. The third kappa shape index (κ3) is 4.56. The lowest BCUT2D eigenvalue weighted by Gasteiger charge is -2.03. The molecule has 3 rings (SSSR count). The molecule has 0 aliphatic heterocycles. The smallest absolute Gasteiger partial charge is 0.321 e. The van der Waals surface area contributed by atoms with Crippen LogP contribution in [0.2, 0.25) is 0 Å². The predicted octanol–water partition coefficient (Wildman–Crippen LogP) is 2.13. The summed E-state index contributed by atoms with van der Waals surface area (Å²) in [5.74, 6) is 0.0378. The lowest BCUT2D eigenvalue weighted by atomic mass is 10.1. The number of carbonyl (C=O) groups is 2. The van der Waals surface area contributed by atoms with E-state index >= 15 is 0 Å². The van der Waals surface area contributed by atoms with Gasteiger partial charge in [-0.05, 0) is 31.9 Å². The Labute approximate surface area is 137 Å². The third-order valence-corrected chi connectivity index (χ3v) is 4.02. The van der Waals surface area contributed by atoms with Gasteiger partial charge in [-0.2, -0.15) is 0 Å². The fraction of sp³-hybridized carbons (Fsp3) is 0.333. The molecule has 0 atom stereocenters. The van der Waals surface area contributed by atoms with Gasteiger partial charge in [-0.3, -0.25) is 10.1 Å². The highest BCUT2D eigenvalue weighted by molar-refractivity contribution is 7.99. The first-order valence-electron chi connectivity index (χ1n) is 7.24. The molecule has 2 aromatic rings. The van der Waals surface area contributed by atoms with Crippen molar-refractivity contribution in [2.75, 3.05) is 5.75 Å². The molecule has 0 bridgehead atoms. The number of carbonyl (C=O) groups excluding carboxylic acids is 2. The summed E-state index contributed by atoms with van der Waals surface area (Å²) in [5, 5.41) is 13.1. The molecule has 1 aliphatic carbocycles. The van der Waals surface area contributed by atoms with Gasteiger partial charge in [0.25, 0.3) is 5.22 Å². The molecule has 23 heavy (non-hydrogen) atoms. The van der Waals surface area contributed by atoms with Crippen molar-refractivity contribution in [2.45, 2.75) is 31.0 Å². The van der Waals surface area contributed by atoms with E-state index in [-0.39, 0.29) is 11.8 Å². The van der Waals surface area contributed by atoms with Crippen LogP contribution in [0.5, 0.6) is 0 Å². The summed E-state index contributed by atoms with van der Waals surface area (Å²) in [6, 6.07) is 7.46. The van der Waals surface area contributed by atoms with Gasteiger partial charge in [0.2, 0.25) is 11.8 Å². The summed E-state index contributed by atoms with van der Waals surface area (Å²) < 4.78 is 5.50. The molecule has 0 spiro atoms. The highest BCUT2D eigenvalue weighted by Crippen LogP contribution is 2.23. The molecule has 2 N–H and O–H groups in total. The minimum absolute atomic E-state index is 0.0353. The number of hydrogen-bond acceptors (Lipinski definition) is 6. The molecular weight excluding hydrogens is 316 g/mol. The standard InChI is InChI=1S/C15H16N4O3S/c1-9-2-4-10(5-3-9)13-18-19-15(22-13)23-8-12(20)17-14(21)16-11-6-7-11/h2-5,11H,6-8H2,1H3,(H2,16,17,20,21). The minimum atomic E-state index is -0.455. The van der Waals surface area contributed by atoms with E-state index in [4.69, 9.17) is 4.42 Å². The van der Waals surface area contributed by atoms with E-state index in [9.17, 15) is 9.59 Å². The molecule has 0 unspecified atom stereocenters. The zero-order valence-corrected chi connectivity index (χ0v) is 13.4. The fourth-order valence-electron chi connectivity index (χ4n) is 1.82. The van der Waals surface area contributed by atoms with Gasteiger partial charge < -0.3 is 9.73 Å². The van der Waals surface area contributed by atoms with Crippen molar-refractivity contribution in [3.63, 3.8) is 0 Å². The Kier molecular flexibility index (Phi) is 4.61. The van der Waals surface area contributed by atoms with Gasteiger partial charge >= 0.3 is 6.03 Å². The number of nitrogens with one attached hydrogen (secondary N) is 2. The molecule has 1 aliphatic rings. The molecule has 7 nitrogen and oxygen atoms in total. The van der Waals surface area contributed by atoms with E-state index in [1.165, 1.54) is 0 Å². The molecule has 1 aromatic heterocycles. The lowest BCUT2D eigenvalue weighted by molar-refractivity contribution is -0.117. The van der Waals surface area contributed by atoms with Gasteiger partial charge in [-0.1, -0.05) is 29.5 Å². The summed E-state index contributed by atoms with van der Waals surface area (Å²) in [7, 11) is 0. The normalized spacial score (nSPS) is 13.6. The number of imide groups is 1. The van der Waals surface area contributed by atoms with Crippen LogP contribution in [0.15, 0.2) is 33.9 Å². The zero-order valence-electron chi connectivity index (χ0n) is 12.5. The van der Waals surface area contributed by atoms with Crippen molar-refractivity contribution in [3.8, 4) is 11.5 Å². The van der Waals surface area contributed by atoms with Crippen LogP contribution in [0.4, 0.5) is 4.79 Å². The molecule has 1 aromatic carbocycles. The summed E-state index contributed by atoms with van der Waals surface area (Å²) in [4.78, 5) is 23.1. The number of thioether (sulfide) groups is 1. The topological polar surface area (TPSA) is 97.1 Å². The number of urea groups is 1. The van der Waals surface area contributed by atoms with Gasteiger partial charge in [-0.25, -0.2) is 4.79 Å². The summed E-state index contributed by atoms with van der Waals surface area (Å²) >= 11 is 1.09. The average molecular weight is 332 g/mol. The van der Waals surface area contributed by atoms with Crippen LogP contribution in [0, 0.1) is 6.92 Å². The van der Waals surface area contributed by atoms with Gasteiger partial charge in [-0.15, -0.1) is 10.2 Å². The molecule has 0 radical (unpaired) electrons. The first kappa shape index (κ1) is 15.5. The van der Waals surface area contributed by atoms with E-state index in [0.717, 1.165) is 35.7 Å². The van der Waals surface area contributed by atoms with Crippen LogP contribution >= 0.6 is 11.8 Å². The number of aryl methyl sites for hydroxylation is 1. The maximum atomic E-state index is 11.7. The summed E-state index contributed by atoms with van der Waals surface area (Å²) in [5.41, 5.74) is 1.97. The average Bonchev–Trinajstić information content (AvgIpc) is 3.20. The largest absolute Gasteiger partial charge is 0.411 e.